The van der Waals surface area contributed by atoms with Crippen LogP contribution in [0.15, 0.2) is 0 Å². The van der Waals surface area contributed by atoms with Crippen molar-refractivity contribution in [1.29, 1.82) is 0 Å². The molecular weight excluding hydrogens is 259 g/mol. The highest BCUT2D eigenvalue weighted by Gasteiger charge is 2.39. The Labute approximate surface area is 99.9 Å². The zero-order valence-corrected chi connectivity index (χ0v) is 9.18. The van der Waals surface area contributed by atoms with E-state index in [1.165, 1.54) is 0 Å². The number of ether oxygens (including phenoxy) is 1. The van der Waals surface area contributed by atoms with Gasteiger partial charge in [-0.15, -0.1) is 0 Å². The van der Waals surface area contributed by atoms with Gasteiger partial charge in [0.2, 0.25) is 5.91 Å². The zero-order chi connectivity index (χ0) is 13.9. The van der Waals surface area contributed by atoms with Gasteiger partial charge in [-0.05, 0) is 0 Å². The lowest BCUT2D eigenvalue weighted by molar-refractivity contribution is -0.178. The third-order valence-electron chi connectivity index (χ3n) is 2.38. The number of rotatable bonds is 4. The molecule has 1 aliphatic rings. The number of nitrogens with zero attached hydrogens (tertiary/aromatic N) is 1. The molecule has 104 valence electrons. The molecule has 0 aromatic heterocycles. The van der Waals surface area contributed by atoms with Gasteiger partial charge in [-0.1, -0.05) is 0 Å². The second kappa shape index (κ2) is 5.53. The summed E-state index contributed by atoms with van der Waals surface area (Å²) in [5, 5.41) is 18.0. The Morgan fingerprint density at radius 3 is 2.50 bits per heavy atom. The summed E-state index contributed by atoms with van der Waals surface area (Å²) >= 11 is 0. The first-order valence-corrected chi connectivity index (χ1v) is 5.05. The quantitative estimate of drug-likeness (QED) is 0.727. The first-order chi connectivity index (χ1) is 8.20. The van der Waals surface area contributed by atoms with Crippen molar-refractivity contribution < 1.29 is 37.7 Å². The Bertz CT molecular complexity index is 333. The fourth-order valence-electron chi connectivity index (χ4n) is 1.66. The summed E-state index contributed by atoms with van der Waals surface area (Å²) in [5.41, 5.74) is 0. The minimum absolute atomic E-state index is 0.139. The van der Waals surface area contributed by atoms with Crippen LogP contribution in [0.5, 0.6) is 0 Å². The maximum atomic E-state index is 11.8. The van der Waals surface area contributed by atoms with Crippen molar-refractivity contribution in [2.45, 2.75) is 24.7 Å². The molecule has 1 saturated heterocycles. The maximum absolute atomic E-state index is 11.8. The largest absolute Gasteiger partial charge is 0.480 e. The average Bonchev–Trinajstić information content (AvgIpc) is 2.58. The zero-order valence-electron chi connectivity index (χ0n) is 9.18. The van der Waals surface area contributed by atoms with Gasteiger partial charge in [-0.3, -0.25) is 4.79 Å². The molecule has 1 rings (SSSR count). The summed E-state index contributed by atoms with van der Waals surface area (Å²) in [6.45, 7) is -2.66. The summed E-state index contributed by atoms with van der Waals surface area (Å²) in [5.74, 6) is -2.20. The maximum Gasteiger partial charge on any atom is 0.411 e. The summed E-state index contributed by atoms with van der Waals surface area (Å²) < 4.78 is 39.4. The van der Waals surface area contributed by atoms with E-state index in [1.807, 2.05) is 0 Å². The first kappa shape index (κ1) is 14.7. The van der Waals surface area contributed by atoms with E-state index in [4.69, 9.17) is 5.11 Å². The predicted molar refractivity (Wildman–Crippen MR) is 50.6 cm³/mol. The molecule has 0 aromatic rings. The van der Waals surface area contributed by atoms with Crippen LogP contribution in [-0.2, 0) is 14.3 Å². The molecule has 0 radical (unpaired) electrons. The molecular formula is C9H12F3NO5. The number of carbonyl (C=O) groups is 2. The number of carbonyl (C=O) groups excluding carboxylic acids is 1. The Hall–Kier alpha value is -1.35. The lowest BCUT2D eigenvalue weighted by Gasteiger charge is -2.21. The van der Waals surface area contributed by atoms with Crippen molar-refractivity contribution >= 4 is 11.9 Å². The molecule has 0 aliphatic carbocycles. The number of carboxylic acid groups (broad SMARTS) is 1. The number of aliphatic carboxylic acids is 1. The predicted octanol–water partition coefficient (Wildman–Crippen LogP) is -0.388. The normalized spacial score (nSPS) is 24.3. The van der Waals surface area contributed by atoms with Gasteiger partial charge in [-0.2, -0.15) is 13.2 Å². The van der Waals surface area contributed by atoms with E-state index in [9.17, 15) is 27.9 Å². The Morgan fingerprint density at radius 2 is 2.00 bits per heavy atom. The third-order valence-corrected chi connectivity index (χ3v) is 2.38. The van der Waals surface area contributed by atoms with Crippen LogP contribution in [0.25, 0.3) is 0 Å². The van der Waals surface area contributed by atoms with Crippen LogP contribution >= 0.6 is 0 Å². The van der Waals surface area contributed by atoms with E-state index in [0.29, 0.717) is 0 Å². The van der Waals surface area contributed by atoms with Crippen LogP contribution in [0.1, 0.15) is 6.42 Å². The minimum atomic E-state index is -4.54. The number of likely N-dealkylation sites (tertiary alicyclic amines) is 1. The molecule has 1 fully saturated rings. The van der Waals surface area contributed by atoms with E-state index in [2.05, 4.69) is 4.74 Å². The number of alkyl halides is 3. The van der Waals surface area contributed by atoms with Crippen molar-refractivity contribution in [2.24, 2.45) is 0 Å². The smallest absolute Gasteiger partial charge is 0.411 e. The number of aliphatic hydroxyl groups excluding tert-OH is 1. The van der Waals surface area contributed by atoms with Crippen molar-refractivity contribution in [1.82, 2.24) is 4.90 Å². The Morgan fingerprint density at radius 1 is 1.39 bits per heavy atom. The monoisotopic (exact) mass is 271 g/mol. The summed E-state index contributed by atoms with van der Waals surface area (Å²) in [6, 6.07) is -1.22. The Kier molecular flexibility index (Phi) is 4.52. The molecule has 1 aliphatic heterocycles. The van der Waals surface area contributed by atoms with Gasteiger partial charge in [-0.25, -0.2) is 4.79 Å². The topological polar surface area (TPSA) is 87.1 Å². The number of amides is 1. The fourth-order valence-corrected chi connectivity index (χ4v) is 1.66. The van der Waals surface area contributed by atoms with Gasteiger partial charge in [0.05, 0.1) is 6.10 Å². The standard InChI is InChI=1S/C9H12F3NO5/c10-9(11,12)4-18-3-7(15)13-2-5(14)1-6(13)8(16)17/h5-6,14H,1-4H2,(H,16,17)/t5?,6-/m0/s1. The number of hydrogen-bond acceptors (Lipinski definition) is 4. The van der Waals surface area contributed by atoms with Gasteiger partial charge < -0.3 is 19.8 Å². The van der Waals surface area contributed by atoms with Gasteiger partial charge in [0.1, 0.15) is 19.3 Å². The SMILES string of the molecule is O=C(O)[C@@H]1CC(O)CN1C(=O)COCC(F)(F)F. The van der Waals surface area contributed by atoms with E-state index in [0.717, 1.165) is 4.90 Å². The van der Waals surface area contributed by atoms with E-state index < -0.39 is 43.4 Å². The van der Waals surface area contributed by atoms with Crippen molar-refractivity contribution in [3.8, 4) is 0 Å². The number of halogens is 3. The summed E-state index contributed by atoms with van der Waals surface area (Å²) in [7, 11) is 0. The summed E-state index contributed by atoms with van der Waals surface area (Å²) in [4.78, 5) is 23.0. The molecule has 1 unspecified atom stereocenters. The van der Waals surface area contributed by atoms with Crippen LogP contribution in [0.2, 0.25) is 0 Å². The first-order valence-electron chi connectivity index (χ1n) is 5.05. The summed E-state index contributed by atoms with van der Waals surface area (Å²) in [6.07, 6.45) is -5.67. The van der Waals surface area contributed by atoms with Crippen molar-refractivity contribution in [3.05, 3.63) is 0 Å². The highest BCUT2D eigenvalue weighted by molar-refractivity contribution is 5.85. The number of aliphatic hydroxyl groups is 1. The van der Waals surface area contributed by atoms with Gasteiger partial charge in [0.25, 0.3) is 0 Å². The Balaban J connectivity index is 2.48. The molecule has 2 N–H and O–H groups in total. The lowest BCUT2D eigenvalue weighted by atomic mass is 10.2. The second-order valence-corrected chi connectivity index (χ2v) is 3.90. The molecule has 0 bridgehead atoms. The second-order valence-electron chi connectivity index (χ2n) is 3.90. The van der Waals surface area contributed by atoms with Crippen LogP contribution in [0, 0.1) is 0 Å². The molecule has 18 heavy (non-hydrogen) atoms. The van der Waals surface area contributed by atoms with Crippen molar-refractivity contribution in [3.63, 3.8) is 0 Å². The van der Waals surface area contributed by atoms with Crippen LogP contribution in [0.4, 0.5) is 13.2 Å². The van der Waals surface area contributed by atoms with Crippen LogP contribution < -0.4 is 0 Å². The lowest BCUT2D eigenvalue weighted by Crippen LogP contribution is -2.42. The van der Waals surface area contributed by atoms with Gasteiger partial charge in [0, 0.05) is 13.0 Å². The van der Waals surface area contributed by atoms with E-state index in [-0.39, 0.29) is 13.0 Å². The van der Waals surface area contributed by atoms with Crippen LogP contribution in [-0.4, -0.2) is 65.1 Å². The van der Waals surface area contributed by atoms with Gasteiger partial charge >= 0.3 is 12.1 Å². The number of β-amino-alcohol motifs (C(OH)–C–C–N with tert-alkyl or cyclic N) is 1. The molecule has 2 atom stereocenters. The molecule has 0 saturated carbocycles. The van der Waals surface area contributed by atoms with E-state index in [1.54, 1.807) is 0 Å². The van der Waals surface area contributed by atoms with Gasteiger partial charge in [0.15, 0.2) is 0 Å². The molecule has 6 nitrogen and oxygen atoms in total. The van der Waals surface area contributed by atoms with Crippen molar-refractivity contribution in [2.75, 3.05) is 19.8 Å². The molecule has 0 spiro atoms. The number of hydrogen-bond donors (Lipinski definition) is 2. The highest BCUT2D eigenvalue weighted by atomic mass is 19.4. The molecule has 9 heteroatoms. The molecule has 1 amide bonds. The van der Waals surface area contributed by atoms with E-state index >= 15 is 0 Å². The number of carboxylic acids is 1. The molecule has 0 aromatic carbocycles. The highest BCUT2D eigenvalue weighted by Crippen LogP contribution is 2.19. The van der Waals surface area contributed by atoms with Crippen LogP contribution in [0.3, 0.4) is 0 Å². The molecule has 1 heterocycles. The average molecular weight is 271 g/mol. The minimum Gasteiger partial charge on any atom is -0.480 e. The third kappa shape index (κ3) is 4.15. The fraction of sp³-hybridized carbons (Fsp3) is 0.778.